The van der Waals surface area contributed by atoms with Gasteiger partial charge in [0.25, 0.3) is 0 Å². The molecule has 2 aromatic rings. The Bertz CT molecular complexity index is 582. The first-order chi connectivity index (χ1) is 9.60. The largest absolute Gasteiger partial charge is 0.466 e. The monoisotopic (exact) mass is 311 g/mol. The molecule has 0 radical (unpaired) electrons. The Morgan fingerprint density at radius 3 is 2.80 bits per heavy atom. The first-order valence-electron chi connectivity index (χ1n) is 6.15. The van der Waals surface area contributed by atoms with Gasteiger partial charge in [0.1, 0.15) is 11.1 Å². The number of thiazole rings is 1. The van der Waals surface area contributed by atoms with Crippen molar-refractivity contribution in [3.05, 3.63) is 40.4 Å². The molecule has 6 heteroatoms. The zero-order valence-corrected chi connectivity index (χ0v) is 12.4. The van der Waals surface area contributed by atoms with Crippen LogP contribution in [0.2, 0.25) is 5.02 Å². The summed E-state index contributed by atoms with van der Waals surface area (Å²) in [6.07, 6.45) is -1.02. The van der Waals surface area contributed by atoms with Gasteiger partial charge in [0.15, 0.2) is 0 Å². The molecule has 0 bridgehead atoms. The first-order valence-corrected chi connectivity index (χ1v) is 7.41. The Balaban J connectivity index is 2.08. The highest BCUT2D eigenvalue weighted by molar-refractivity contribution is 7.13. The van der Waals surface area contributed by atoms with Gasteiger partial charge in [-0.05, 0) is 19.1 Å². The fourth-order valence-corrected chi connectivity index (χ4v) is 2.65. The molecule has 0 aliphatic heterocycles. The minimum atomic E-state index is -0.939. The molecule has 0 saturated carbocycles. The Kier molecular flexibility index (Phi) is 5.11. The molecule has 106 valence electrons. The molecule has 1 N–H and O–H groups in total. The van der Waals surface area contributed by atoms with Gasteiger partial charge >= 0.3 is 5.97 Å². The van der Waals surface area contributed by atoms with E-state index >= 15 is 0 Å². The van der Waals surface area contributed by atoms with E-state index in [1.807, 2.05) is 12.1 Å². The number of benzene rings is 1. The summed E-state index contributed by atoms with van der Waals surface area (Å²) in [5.41, 5.74) is 1.40. The quantitative estimate of drug-likeness (QED) is 0.859. The van der Waals surface area contributed by atoms with Crippen molar-refractivity contribution in [2.24, 2.45) is 0 Å². The lowest BCUT2D eigenvalue weighted by atomic mass is 10.2. The number of hydrogen-bond donors (Lipinski definition) is 1. The molecule has 1 aromatic carbocycles. The van der Waals surface area contributed by atoms with Gasteiger partial charge in [-0.3, -0.25) is 4.79 Å². The fraction of sp³-hybridized carbons (Fsp3) is 0.286. The van der Waals surface area contributed by atoms with Crippen LogP contribution in [0.4, 0.5) is 0 Å². The van der Waals surface area contributed by atoms with Crippen molar-refractivity contribution in [1.82, 2.24) is 4.98 Å². The maximum Gasteiger partial charge on any atom is 0.308 e. The van der Waals surface area contributed by atoms with Gasteiger partial charge in [-0.15, -0.1) is 11.3 Å². The third-order valence-electron chi connectivity index (χ3n) is 2.62. The van der Waals surface area contributed by atoms with Crippen LogP contribution in [0.1, 0.15) is 25.1 Å². The van der Waals surface area contributed by atoms with Crippen molar-refractivity contribution in [1.29, 1.82) is 0 Å². The highest BCUT2D eigenvalue weighted by Gasteiger charge is 2.17. The molecule has 0 fully saturated rings. The SMILES string of the molecule is CCOC(=O)C[C@@H](O)c1csc(-c2ccc(Cl)cc2)n1. The average molecular weight is 312 g/mol. The molecule has 20 heavy (non-hydrogen) atoms. The van der Waals surface area contributed by atoms with Crippen molar-refractivity contribution in [2.75, 3.05) is 6.61 Å². The second-order valence-electron chi connectivity index (χ2n) is 4.11. The molecule has 2 rings (SSSR count). The molecule has 1 atom stereocenters. The van der Waals surface area contributed by atoms with Crippen LogP contribution < -0.4 is 0 Å². The van der Waals surface area contributed by atoms with E-state index in [4.69, 9.17) is 16.3 Å². The first kappa shape index (κ1) is 15.0. The number of nitrogens with zero attached hydrogens (tertiary/aromatic N) is 1. The Morgan fingerprint density at radius 2 is 2.15 bits per heavy atom. The molecule has 0 aliphatic rings. The van der Waals surface area contributed by atoms with E-state index in [1.54, 1.807) is 24.4 Å². The lowest BCUT2D eigenvalue weighted by Crippen LogP contribution is -2.10. The van der Waals surface area contributed by atoms with E-state index in [2.05, 4.69) is 4.98 Å². The van der Waals surface area contributed by atoms with Crippen molar-refractivity contribution < 1.29 is 14.6 Å². The van der Waals surface area contributed by atoms with Crippen LogP contribution in [0.5, 0.6) is 0 Å². The molecule has 0 saturated heterocycles. The van der Waals surface area contributed by atoms with Gasteiger partial charge in [-0.2, -0.15) is 0 Å². The molecule has 4 nitrogen and oxygen atoms in total. The maximum atomic E-state index is 11.3. The smallest absolute Gasteiger partial charge is 0.308 e. The Labute approximate surface area is 126 Å². The summed E-state index contributed by atoms with van der Waals surface area (Å²) < 4.78 is 4.80. The summed E-state index contributed by atoms with van der Waals surface area (Å²) in [6.45, 7) is 2.03. The van der Waals surface area contributed by atoms with Gasteiger partial charge in [-0.25, -0.2) is 4.98 Å². The van der Waals surface area contributed by atoms with Crippen LogP contribution in [0, 0.1) is 0 Å². The Morgan fingerprint density at radius 1 is 1.45 bits per heavy atom. The second-order valence-corrected chi connectivity index (χ2v) is 5.40. The van der Waals surface area contributed by atoms with Crippen LogP contribution in [0.15, 0.2) is 29.6 Å². The zero-order chi connectivity index (χ0) is 14.5. The number of hydrogen-bond acceptors (Lipinski definition) is 5. The van der Waals surface area contributed by atoms with Crippen molar-refractivity contribution >= 4 is 28.9 Å². The van der Waals surface area contributed by atoms with Gasteiger partial charge < -0.3 is 9.84 Å². The second kappa shape index (κ2) is 6.83. The average Bonchev–Trinajstić information content (AvgIpc) is 2.89. The van der Waals surface area contributed by atoms with E-state index in [1.165, 1.54) is 11.3 Å². The van der Waals surface area contributed by atoms with Gasteiger partial charge in [-0.1, -0.05) is 23.7 Å². The number of carbonyl (C=O) groups is 1. The van der Waals surface area contributed by atoms with Crippen molar-refractivity contribution in [2.45, 2.75) is 19.4 Å². The van der Waals surface area contributed by atoms with E-state index in [9.17, 15) is 9.90 Å². The summed E-state index contributed by atoms with van der Waals surface area (Å²) in [5, 5.41) is 13.1. The molecule has 0 aliphatic carbocycles. The van der Waals surface area contributed by atoms with Crippen LogP contribution in [0.3, 0.4) is 0 Å². The Hall–Kier alpha value is -1.43. The van der Waals surface area contributed by atoms with E-state index in [0.29, 0.717) is 17.3 Å². The van der Waals surface area contributed by atoms with E-state index in [0.717, 1.165) is 10.6 Å². The summed E-state index contributed by atoms with van der Waals surface area (Å²) in [7, 11) is 0. The number of carbonyl (C=O) groups excluding carboxylic acids is 1. The number of aliphatic hydroxyl groups excluding tert-OH is 1. The highest BCUT2D eigenvalue weighted by atomic mass is 35.5. The molecule has 1 aromatic heterocycles. The predicted octanol–water partition coefficient (Wildman–Crippen LogP) is 3.45. The van der Waals surface area contributed by atoms with E-state index < -0.39 is 12.1 Å². The number of halogens is 1. The van der Waals surface area contributed by atoms with Crippen LogP contribution in [0.25, 0.3) is 10.6 Å². The number of aliphatic hydroxyl groups is 1. The number of aromatic nitrogens is 1. The molecular formula is C14H14ClNO3S. The lowest BCUT2D eigenvalue weighted by molar-refractivity contribution is -0.145. The molecule has 0 spiro atoms. The fourth-order valence-electron chi connectivity index (χ4n) is 1.65. The maximum absolute atomic E-state index is 11.3. The van der Waals surface area contributed by atoms with Gasteiger partial charge in [0, 0.05) is 16.0 Å². The number of esters is 1. The summed E-state index contributed by atoms with van der Waals surface area (Å²) in [4.78, 5) is 15.7. The minimum Gasteiger partial charge on any atom is -0.466 e. The number of rotatable bonds is 5. The third-order valence-corrected chi connectivity index (χ3v) is 3.78. The van der Waals surface area contributed by atoms with Crippen molar-refractivity contribution in [3.63, 3.8) is 0 Å². The number of ether oxygens (including phenoxy) is 1. The molecular weight excluding hydrogens is 298 g/mol. The third kappa shape index (κ3) is 3.79. The highest BCUT2D eigenvalue weighted by Crippen LogP contribution is 2.28. The van der Waals surface area contributed by atoms with Crippen molar-refractivity contribution in [3.8, 4) is 10.6 Å². The zero-order valence-electron chi connectivity index (χ0n) is 10.9. The van der Waals surface area contributed by atoms with Crippen LogP contribution in [-0.2, 0) is 9.53 Å². The summed E-state index contributed by atoms with van der Waals surface area (Å²) in [5.74, 6) is -0.430. The normalized spacial score (nSPS) is 12.2. The molecule has 1 heterocycles. The summed E-state index contributed by atoms with van der Waals surface area (Å²) >= 11 is 7.24. The van der Waals surface area contributed by atoms with E-state index in [-0.39, 0.29) is 6.42 Å². The minimum absolute atomic E-state index is 0.0857. The molecule has 0 amide bonds. The standard InChI is InChI=1S/C14H14ClNO3S/c1-2-19-13(18)7-12(17)11-8-20-14(16-11)9-3-5-10(15)6-4-9/h3-6,8,12,17H,2,7H2,1H3/t12-/m1/s1. The summed E-state index contributed by atoms with van der Waals surface area (Å²) in [6, 6.07) is 7.30. The predicted molar refractivity (Wildman–Crippen MR) is 78.8 cm³/mol. The lowest BCUT2D eigenvalue weighted by Gasteiger charge is -2.06. The van der Waals surface area contributed by atoms with Gasteiger partial charge in [0.05, 0.1) is 18.7 Å². The van der Waals surface area contributed by atoms with Gasteiger partial charge in [0.2, 0.25) is 0 Å². The topological polar surface area (TPSA) is 59.4 Å². The van der Waals surface area contributed by atoms with Crippen LogP contribution in [-0.4, -0.2) is 22.7 Å². The van der Waals surface area contributed by atoms with Crippen LogP contribution >= 0.6 is 22.9 Å². The molecule has 0 unspecified atom stereocenters.